The van der Waals surface area contributed by atoms with Crippen LogP contribution in [0.2, 0.25) is 0 Å². The van der Waals surface area contributed by atoms with Crippen molar-refractivity contribution in [2.45, 2.75) is 44.9 Å². The van der Waals surface area contributed by atoms with Gasteiger partial charge < -0.3 is 14.2 Å². The molecule has 2 aromatic carbocycles. The van der Waals surface area contributed by atoms with Crippen molar-refractivity contribution >= 4 is 5.91 Å². The zero-order chi connectivity index (χ0) is 22.0. The Bertz CT molecular complexity index is 1030. The highest BCUT2D eigenvalue weighted by Gasteiger charge is 2.29. The number of hydrogen-bond donors (Lipinski definition) is 0. The molecule has 3 aromatic rings. The first-order chi connectivity index (χ1) is 14.8. The second-order valence-corrected chi connectivity index (χ2v) is 9.10. The number of rotatable bonds is 4. The largest absolute Gasteiger partial charge is 0.497 e. The average molecular weight is 420 g/mol. The molecule has 1 aliphatic heterocycles. The highest BCUT2D eigenvalue weighted by Crippen LogP contribution is 2.29. The predicted octanol–water partition coefficient (Wildman–Crippen LogP) is 5.06. The van der Waals surface area contributed by atoms with E-state index in [1.807, 2.05) is 53.4 Å². The number of benzene rings is 2. The fourth-order valence-corrected chi connectivity index (χ4v) is 3.92. The van der Waals surface area contributed by atoms with E-state index in [-0.39, 0.29) is 17.2 Å². The minimum Gasteiger partial charge on any atom is -0.497 e. The third kappa shape index (κ3) is 4.63. The molecule has 1 aromatic heterocycles. The van der Waals surface area contributed by atoms with Gasteiger partial charge in [0.1, 0.15) is 5.75 Å². The van der Waals surface area contributed by atoms with Crippen LogP contribution in [0.4, 0.5) is 0 Å². The molecule has 31 heavy (non-hydrogen) atoms. The van der Waals surface area contributed by atoms with Crippen molar-refractivity contribution in [2.24, 2.45) is 0 Å². The van der Waals surface area contributed by atoms with Crippen molar-refractivity contribution in [2.75, 3.05) is 20.2 Å². The molecule has 0 radical (unpaired) electrons. The number of methoxy groups -OCH3 is 1. The fourth-order valence-electron chi connectivity index (χ4n) is 3.92. The zero-order valence-corrected chi connectivity index (χ0v) is 18.6. The van der Waals surface area contributed by atoms with Crippen molar-refractivity contribution in [3.63, 3.8) is 0 Å². The summed E-state index contributed by atoms with van der Waals surface area (Å²) in [7, 11) is 1.64. The highest BCUT2D eigenvalue weighted by molar-refractivity contribution is 5.94. The number of carbonyl (C=O) groups excluding carboxylic acids is 1. The second-order valence-electron chi connectivity index (χ2n) is 9.10. The van der Waals surface area contributed by atoms with Crippen molar-refractivity contribution in [3.05, 3.63) is 65.5 Å². The minimum atomic E-state index is 0.0473. The van der Waals surface area contributed by atoms with E-state index in [0.29, 0.717) is 18.3 Å². The van der Waals surface area contributed by atoms with Crippen molar-refractivity contribution in [3.8, 4) is 17.1 Å². The smallest absolute Gasteiger partial charge is 0.253 e. The van der Waals surface area contributed by atoms with E-state index in [0.717, 1.165) is 36.3 Å². The van der Waals surface area contributed by atoms with Crippen molar-refractivity contribution in [1.29, 1.82) is 0 Å². The maximum Gasteiger partial charge on any atom is 0.253 e. The summed E-state index contributed by atoms with van der Waals surface area (Å²) >= 11 is 0. The van der Waals surface area contributed by atoms with E-state index < -0.39 is 0 Å². The molecule has 0 spiro atoms. The maximum atomic E-state index is 13.1. The van der Waals surface area contributed by atoms with Gasteiger partial charge in [-0.3, -0.25) is 4.79 Å². The molecule has 6 heteroatoms. The molecule has 0 saturated carbocycles. The van der Waals surface area contributed by atoms with Gasteiger partial charge in [0, 0.05) is 24.2 Å². The SMILES string of the molecule is COc1ccc(-c2noc([C@H]3CCCN(C(=O)c4ccc(C(C)(C)C)cc4)C3)n2)cc1. The Balaban J connectivity index is 1.46. The van der Waals surface area contributed by atoms with Crippen LogP contribution in [0, 0.1) is 0 Å². The van der Waals surface area contributed by atoms with Gasteiger partial charge in [-0.05, 0) is 60.2 Å². The molecule has 4 rings (SSSR count). The Kier molecular flexibility index (Phi) is 5.81. The second kappa shape index (κ2) is 8.53. The molecule has 0 bridgehead atoms. The van der Waals surface area contributed by atoms with E-state index in [4.69, 9.17) is 9.26 Å². The van der Waals surface area contributed by atoms with Gasteiger partial charge >= 0.3 is 0 Å². The van der Waals surface area contributed by atoms with Crippen LogP contribution < -0.4 is 4.74 Å². The first-order valence-electron chi connectivity index (χ1n) is 10.7. The summed E-state index contributed by atoms with van der Waals surface area (Å²) < 4.78 is 10.8. The summed E-state index contributed by atoms with van der Waals surface area (Å²) in [4.78, 5) is 19.6. The molecule has 0 N–H and O–H groups in total. The van der Waals surface area contributed by atoms with Crippen LogP contribution in [0.15, 0.2) is 53.1 Å². The van der Waals surface area contributed by atoms with Crippen molar-refractivity contribution in [1.82, 2.24) is 15.0 Å². The predicted molar refractivity (Wildman–Crippen MR) is 119 cm³/mol. The van der Waals surface area contributed by atoms with Gasteiger partial charge in [-0.25, -0.2) is 0 Å². The van der Waals surface area contributed by atoms with Gasteiger partial charge in [-0.2, -0.15) is 4.98 Å². The third-order valence-corrected chi connectivity index (χ3v) is 5.85. The Morgan fingerprint density at radius 3 is 2.45 bits per heavy atom. The number of amides is 1. The van der Waals surface area contributed by atoms with Crippen LogP contribution in [-0.4, -0.2) is 41.1 Å². The van der Waals surface area contributed by atoms with E-state index >= 15 is 0 Å². The summed E-state index contributed by atoms with van der Waals surface area (Å²) in [5.74, 6) is 2.03. The molecule has 1 saturated heterocycles. The van der Waals surface area contributed by atoms with Gasteiger partial charge in [-0.1, -0.05) is 38.1 Å². The molecule has 162 valence electrons. The van der Waals surface area contributed by atoms with Gasteiger partial charge in [0.15, 0.2) is 0 Å². The molecule has 2 heterocycles. The van der Waals surface area contributed by atoms with E-state index in [9.17, 15) is 4.79 Å². The zero-order valence-electron chi connectivity index (χ0n) is 18.6. The average Bonchev–Trinajstić information content (AvgIpc) is 3.29. The normalized spacial score (nSPS) is 16.9. The lowest BCUT2D eigenvalue weighted by molar-refractivity contribution is 0.0695. The lowest BCUT2D eigenvalue weighted by Gasteiger charge is -2.31. The van der Waals surface area contributed by atoms with Crippen LogP contribution in [0.5, 0.6) is 5.75 Å². The molecule has 6 nitrogen and oxygen atoms in total. The molecular formula is C25H29N3O3. The number of nitrogens with zero attached hydrogens (tertiary/aromatic N) is 3. The van der Waals surface area contributed by atoms with E-state index in [2.05, 4.69) is 30.9 Å². The lowest BCUT2D eigenvalue weighted by Crippen LogP contribution is -2.39. The van der Waals surface area contributed by atoms with Gasteiger partial charge in [0.25, 0.3) is 5.91 Å². The summed E-state index contributed by atoms with van der Waals surface area (Å²) in [6.07, 6.45) is 1.84. The number of hydrogen-bond acceptors (Lipinski definition) is 5. The molecular weight excluding hydrogens is 390 g/mol. The number of carbonyl (C=O) groups is 1. The third-order valence-electron chi connectivity index (χ3n) is 5.85. The minimum absolute atomic E-state index is 0.0473. The number of piperidine rings is 1. The Morgan fingerprint density at radius 1 is 1.10 bits per heavy atom. The first-order valence-corrected chi connectivity index (χ1v) is 10.7. The van der Waals surface area contributed by atoms with Crippen LogP contribution in [-0.2, 0) is 5.41 Å². The molecule has 1 fully saturated rings. The maximum absolute atomic E-state index is 13.1. The van der Waals surface area contributed by atoms with Crippen LogP contribution in [0.3, 0.4) is 0 Å². The first kappa shape index (κ1) is 21.1. The molecule has 0 aliphatic carbocycles. The van der Waals surface area contributed by atoms with Gasteiger partial charge in [-0.15, -0.1) is 0 Å². The van der Waals surface area contributed by atoms with Gasteiger partial charge in [0.2, 0.25) is 11.7 Å². The lowest BCUT2D eigenvalue weighted by atomic mass is 9.86. The van der Waals surface area contributed by atoms with Gasteiger partial charge in [0.05, 0.1) is 13.0 Å². The number of ether oxygens (including phenoxy) is 1. The van der Waals surface area contributed by atoms with E-state index in [1.54, 1.807) is 7.11 Å². The Hall–Kier alpha value is -3.15. The van der Waals surface area contributed by atoms with Crippen LogP contribution >= 0.6 is 0 Å². The standard InChI is InChI=1S/C25H29N3O3/c1-25(2,3)20-11-7-18(8-12-20)24(29)28-15-5-6-19(16-28)23-26-22(27-31-23)17-9-13-21(30-4)14-10-17/h7-14,19H,5-6,15-16H2,1-4H3/t19-/m0/s1. The van der Waals surface area contributed by atoms with Crippen molar-refractivity contribution < 1.29 is 14.1 Å². The highest BCUT2D eigenvalue weighted by atomic mass is 16.5. The summed E-state index contributed by atoms with van der Waals surface area (Å²) in [6, 6.07) is 15.5. The topological polar surface area (TPSA) is 68.5 Å². The van der Waals surface area contributed by atoms with E-state index in [1.165, 1.54) is 5.56 Å². The van der Waals surface area contributed by atoms with Crippen LogP contribution in [0.1, 0.15) is 61.3 Å². The Morgan fingerprint density at radius 2 is 1.81 bits per heavy atom. The molecule has 1 aliphatic rings. The Labute approximate surface area is 183 Å². The summed E-state index contributed by atoms with van der Waals surface area (Å²) in [5.41, 5.74) is 2.88. The summed E-state index contributed by atoms with van der Waals surface area (Å²) in [6.45, 7) is 7.84. The number of likely N-dealkylation sites (tertiary alicyclic amines) is 1. The fraction of sp³-hybridized carbons (Fsp3) is 0.400. The monoisotopic (exact) mass is 419 g/mol. The number of aromatic nitrogens is 2. The molecule has 1 amide bonds. The summed E-state index contributed by atoms with van der Waals surface area (Å²) in [5, 5.41) is 4.15. The quantitative estimate of drug-likeness (QED) is 0.591. The molecule has 1 atom stereocenters. The van der Waals surface area contributed by atoms with Crippen LogP contribution in [0.25, 0.3) is 11.4 Å². The molecule has 0 unspecified atom stereocenters.